The Morgan fingerprint density at radius 3 is 2.85 bits per heavy atom. The van der Waals surface area contributed by atoms with Gasteiger partial charge in [-0.05, 0) is 85.2 Å². The molecule has 1 aromatic rings. The van der Waals surface area contributed by atoms with E-state index in [0.717, 1.165) is 54.0 Å². The van der Waals surface area contributed by atoms with E-state index in [0.29, 0.717) is 18.0 Å². The molecule has 3 N–H and O–H groups in total. The number of dihydropyridines is 2. The summed E-state index contributed by atoms with van der Waals surface area (Å²) in [5.74, 6) is 0.0924. The number of halogens is 2. The molecular formula is C27H29F2N5. The third-order valence-electron chi connectivity index (χ3n) is 7.10. The van der Waals surface area contributed by atoms with Crippen molar-refractivity contribution in [2.75, 3.05) is 6.54 Å². The fraction of sp³-hybridized carbons (Fsp3) is 0.370. The minimum Gasteiger partial charge on any atom is -0.370 e. The van der Waals surface area contributed by atoms with Gasteiger partial charge in [0.25, 0.3) is 0 Å². The fourth-order valence-electron chi connectivity index (χ4n) is 5.16. The van der Waals surface area contributed by atoms with Crippen molar-refractivity contribution in [1.29, 1.82) is 5.26 Å². The van der Waals surface area contributed by atoms with E-state index >= 15 is 0 Å². The molecule has 5 nitrogen and oxygen atoms in total. The van der Waals surface area contributed by atoms with Gasteiger partial charge in [0.1, 0.15) is 11.2 Å². The monoisotopic (exact) mass is 461 g/mol. The highest BCUT2D eigenvalue weighted by Crippen LogP contribution is 2.56. The first-order chi connectivity index (χ1) is 16.4. The molecule has 1 saturated carbocycles. The SMILES string of the molecule is C=C1N(C2=CC(NCc3cc(F)cc(C4=CNC(F)C=C4)c3)NC(C)=C2)CCC1(C#N)C1CC1. The quantitative estimate of drug-likeness (QED) is 0.542. The van der Waals surface area contributed by atoms with Gasteiger partial charge in [-0.2, -0.15) is 5.26 Å². The first-order valence-electron chi connectivity index (χ1n) is 11.7. The van der Waals surface area contributed by atoms with E-state index in [-0.39, 0.29) is 12.0 Å². The molecule has 176 valence electrons. The van der Waals surface area contributed by atoms with Crippen molar-refractivity contribution in [3.05, 3.63) is 89.3 Å². The topological polar surface area (TPSA) is 63.1 Å². The van der Waals surface area contributed by atoms with Gasteiger partial charge < -0.3 is 15.5 Å². The van der Waals surface area contributed by atoms with Gasteiger partial charge in [-0.25, -0.2) is 8.78 Å². The van der Waals surface area contributed by atoms with Gasteiger partial charge in [-0.3, -0.25) is 5.32 Å². The normalized spacial score (nSPS) is 28.5. The third-order valence-corrected chi connectivity index (χ3v) is 7.10. The Kier molecular flexibility index (Phi) is 5.78. The Morgan fingerprint density at radius 2 is 2.15 bits per heavy atom. The standard InChI is InChI=1S/C27H29F2N5/c1-17-9-24(34-8-7-27(16-30,18(34)2)22-4-5-22)13-26(33-17)32-14-19-10-21(12-23(28)11-19)20-3-6-25(29)31-15-20/h3,6,9-13,15,22,25-26,31-33H,2,4-5,7-8,14H2,1H3. The van der Waals surface area contributed by atoms with Crippen LogP contribution in [-0.4, -0.2) is 23.9 Å². The lowest BCUT2D eigenvalue weighted by molar-refractivity contribution is 0.365. The maximum atomic E-state index is 14.3. The van der Waals surface area contributed by atoms with Gasteiger partial charge >= 0.3 is 0 Å². The molecule has 7 heteroatoms. The summed E-state index contributed by atoms with van der Waals surface area (Å²) in [6.45, 7) is 7.56. The van der Waals surface area contributed by atoms with Gasteiger partial charge in [-0.1, -0.05) is 12.7 Å². The van der Waals surface area contributed by atoms with Crippen molar-refractivity contribution >= 4 is 5.57 Å². The minimum absolute atomic E-state index is 0.153. The second kappa shape index (κ2) is 8.77. The number of nitrogens with zero attached hydrogens (tertiary/aromatic N) is 2. The Bertz CT molecular complexity index is 1170. The van der Waals surface area contributed by atoms with Crippen LogP contribution in [0, 0.1) is 28.5 Å². The molecule has 1 aromatic carbocycles. The molecule has 0 spiro atoms. The molecule has 34 heavy (non-hydrogen) atoms. The summed E-state index contributed by atoms with van der Waals surface area (Å²) in [5, 5.41) is 19.4. The average Bonchev–Trinajstić information content (AvgIpc) is 3.61. The fourth-order valence-corrected chi connectivity index (χ4v) is 5.16. The number of likely N-dealkylation sites (tertiary alicyclic amines) is 1. The number of hydrogen-bond acceptors (Lipinski definition) is 5. The molecule has 0 amide bonds. The second-order valence-electron chi connectivity index (χ2n) is 9.50. The number of nitriles is 1. The largest absolute Gasteiger partial charge is 0.370 e. The molecule has 3 aliphatic heterocycles. The van der Waals surface area contributed by atoms with Crippen molar-refractivity contribution < 1.29 is 8.78 Å². The number of alkyl halides is 1. The zero-order valence-corrected chi connectivity index (χ0v) is 19.2. The predicted octanol–water partition coefficient (Wildman–Crippen LogP) is 4.57. The van der Waals surface area contributed by atoms with E-state index in [2.05, 4.69) is 45.7 Å². The molecule has 0 aromatic heterocycles. The Balaban J connectivity index is 1.29. The van der Waals surface area contributed by atoms with E-state index in [9.17, 15) is 14.0 Å². The van der Waals surface area contributed by atoms with Crippen molar-refractivity contribution in [2.24, 2.45) is 11.3 Å². The summed E-state index contributed by atoms with van der Waals surface area (Å²) < 4.78 is 27.6. The number of benzene rings is 1. The van der Waals surface area contributed by atoms with Crippen LogP contribution in [0.4, 0.5) is 8.78 Å². The lowest BCUT2D eigenvalue weighted by atomic mass is 9.81. The van der Waals surface area contributed by atoms with Crippen LogP contribution in [0.1, 0.15) is 37.3 Å². The second-order valence-corrected chi connectivity index (χ2v) is 9.50. The van der Waals surface area contributed by atoms with Gasteiger partial charge in [0.15, 0.2) is 6.30 Å². The maximum Gasteiger partial charge on any atom is 0.188 e. The number of nitrogens with one attached hydrogen (secondary N) is 3. The molecule has 0 radical (unpaired) electrons. The number of hydrogen-bond donors (Lipinski definition) is 3. The highest BCUT2D eigenvalue weighted by Gasteiger charge is 2.53. The lowest BCUT2D eigenvalue weighted by Gasteiger charge is -2.31. The first-order valence-corrected chi connectivity index (χ1v) is 11.7. The molecule has 0 bridgehead atoms. The number of allylic oxidation sites excluding steroid dienone is 5. The zero-order chi connectivity index (χ0) is 23.9. The molecule has 3 atom stereocenters. The molecule has 3 unspecified atom stereocenters. The van der Waals surface area contributed by atoms with Crippen molar-refractivity contribution in [3.63, 3.8) is 0 Å². The van der Waals surface area contributed by atoms with Gasteiger partial charge in [0, 0.05) is 36.4 Å². The van der Waals surface area contributed by atoms with E-state index in [1.807, 2.05) is 13.0 Å². The average molecular weight is 462 g/mol. The van der Waals surface area contributed by atoms with Crippen LogP contribution in [0.15, 0.2) is 72.4 Å². The van der Waals surface area contributed by atoms with Crippen LogP contribution in [-0.2, 0) is 6.54 Å². The molecule has 1 aliphatic carbocycles. The third kappa shape index (κ3) is 4.26. The predicted molar refractivity (Wildman–Crippen MR) is 128 cm³/mol. The van der Waals surface area contributed by atoms with Gasteiger partial charge in [0.2, 0.25) is 0 Å². The molecule has 2 fully saturated rings. The van der Waals surface area contributed by atoms with E-state index in [4.69, 9.17) is 0 Å². The summed E-state index contributed by atoms with van der Waals surface area (Å²) in [7, 11) is 0. The van der Waals surface area contributed by atoms with Crippen molar-refractivity contribution in [1.82, 2.24) is 20.9 Å². The summed E-state index contributed by atoms with van der Waals surface area (Å²) in [4.78, 5) is 2.17. The lowest BCUT2D eigenvalue weighted by Crippen LogP contribution is -2.42. The molecule has 4 aliphatic rings. The highest BCUT2D eigenvalue weighted by atomic mass is 19.1. The smallest absolute Gasteiger partial charge is 0.188 e. The highest BCUT2D eigenvalue weighted by molar-refractivity contribution is 5.75. The van der Waals surface area contributed by atoms with Crippen molar-refractivity contribution in [2.45, 2.75) is 45.2 Å². The molecule has 1 saturated heterocycles. The summed E-state index contributed by atoms with van der Waals surface area (Å²) >= 11 is 0. The Labute approximate surface area is 199 Å². The minimum atomic E-state index is -1.22. The molecular weight excluding hydrogens is 432 g/mol. The summed E-state index contributed by atoms with van der Waals surface area (Å²) in [5.41, 5.74) is 4.72. The van der Waals surface area contributed by atoms with Crippen LogP contribution >= 0.6 is 0 Å². The van der Waals surface area contributed by atoms with Crippen LogP contribution < -0.4 is 16.0 Å². The Morgan fingerprint density at radius 1 is 1.32 bits per heavy atom. The van der Waals surface area contributed by atoms with Crippen LogP contribution in [0.5, 0.6) is 0 Å². The zero-order valence-electron chi connectivity index (χ0n) is 19.2. The maximum absolute atomic E-state index is 14.3. The van der Waals surface area contributed by atoms with E-state index < -0.39 is 11.7 Å². The summed E-state index contributed by atoms with van der Waals surface area (Å²) in [6, 6.07) is 7.43. The van der Waals surface area contributed by atoms with Crippen LogP contribution in [0.3, 0.4) is 0 Å². The first kappa shape index (κ1) is 22.4. The Hall–Kier alpha value is -3.37. The van der Waals surface area contributed by atoms with Gasteiger partial charge in [-0.15, -0.1) is 0 Å². The van der Waals surface area contributed by atoms with E-state index in [1.165, 1.54) is 18.2 Å². The molecule has 5 rings (SSSR count). The van der Waals surface area contributed by atoms with Crippen molar-refractivity contribution in [3.8, 4) is 6.07 Å². The van der Waals surface area contributed by atoms with Crippen LogP contribution in [0.25, 0.3) is 5.57 Å². The van der Waals surface area contributed by atoms with Gasteiger partial charge in [0.05, 0.1) is 12.2 Å². The van der Waals surface area contributed by atoms with E-state index in [1.54, 1.807) is 12.3 Å². The summed E-state index contributed by atoms with van der Waals surface area (Å²) in [6.07, 6.45) is 10.5. The van der Waals surface area contributed by atoms with Crippen LogP contribution in [0.2, 0.25) is 0 Å². The molecule has 3 heterocycles. The number of rotatable bonds is 6.